The zero-order valence-corrected chi connectivity index (χ0v) is 19.8. The Kier molecular flexibility index (Phi) is 4.99. The average molecular weight is 487 g/mol. The lowest BCUT2D eigenvalue weighted by molar-refractivity contribution is -0.122. The number of carbonyl (C=O) groups excluding carboxylic acids is 1. The minimum atomic E-state index is 0.0473. The van der Waals surface area contributed by atoms with Crippen molar-refractivity contribution in [1.82, 2.24) is 35.1 Å². The SMILES string of the molecule is O=C(Nc1ccc(-c2cc3c(-c4nc5c(-c6ccccn6)cccc5[nH]4)n[nH]c3cn2)cn1)C1CCC1. The van der Waals surface area contributed by atoms with Crippen molar-refractivity contribution in [2.24, 2.45) is 5.92 Å². The highest BCUT2D eigenvalue weighted by atomic mass is 16.2. The van der Waals surface area contributed by atoms with Gasteiger partial charge in [-0.05, 0) is 49.2 Å². The van der Waals surface area contributed by atoms with E-state index in [4.69, 9.17) is 4.98 Å². The number of hydrogen-bond donors (Lipinski definition) is 3. The van der Waals surface area contributed by atoms with Crippen LogP contribution in [-0.4, -0.2) is 41.0 Å². The van der Waals surface area contributed by atoms with Gasteiger partial charge in [-0.25, -0.2) is 9.97 Å². The van der Waals surface area contributed by atoms with Gasteiger partial charge in [-0.2, -0.15) is 5.10 Å². The number of rotatable bonds is 5. The van der Waals surface area contributed by atoms with Crippen LogP contribution in [0.1, 0.15) is 19.3 Å². The Bertz CT molecular complexity index is 1750. The van der Waals surface area contributed by atoms with Gasteiger partial charge in [-0.1, -0.05) is 24.6 Å². The van der Waals surface area contributed by atoms with E-state index in [0.717, 1.165) is 63.7 Å². The number of hydrogen-bond acceptors (Lipinski definition) is 6. The van der Waals surface area contributed by atoms with Gasteiger partial charge in [-0.3, -0.25) is 19.9 Å². The molecule has 0 bridgehead atoms. The Morgan fingerprint density at radius 3 is 2.65 bits per heavy atom. The van der Waals surface area contributed by atoms with Gasteiger partial charge < -0.3 is 10.3 Å². The highest BCUT2D eigenvalue weighted by molar-refractivity contribution is 5.97. The summed E-state index contributed by atoms with van der Waals surface area (Å²) in [5.41, 5.74) is 6.68. The third kappa shape index (κ3) is 3.81. The topological polar surface area (TPSA) is 125 Å². The first kappa shape index (κ1) is 21.4. The molecule has 0 unspecified atom stereocenters. The first-order valence-corrected chi connectivity index (χ1v) is 12.2. The number of H-pyrrole nitrogens is 2. The van der Waals surface area contributed by atoms with Crippen LogP contribution in [0.25, 0.3) is 56.0 Å². The molecule has 7 rings (SSSR count). The van der Waals surface area contributed by atoms with Crippen molar-refractivity contribution in [2.45, 2.75) is 19.3 Å². The number of aromatic amines is 2. The second kappa shape index (κ2) is 8.63. The van der Waals surface area contributed by atoms with Crippen LogP contribution >= 0.6 is 0 Å². The molecule has 9 heteroatoms. The van der Waals surface area contributed by atoms with Crippen molar-refractivity contribution in [3.63, 3.8) is 0 Å². The van der Waals surface area contributed by atoms with Gasteiger partial charge in [-0.15, -0.1) is 0 Å². The summed E-state index contributed by atoms with van der Waals surface area (Å²) in [7, 11) is 0. The number of fused-ring (bicyclic) bond motifs is 2. The molecule has 1 fully saturated rings. The fraction of sp³-hybridized carbons (Fsp3) is 0.143. The minimum Gasteiger partial charge on any atom is -0.337 e. The monoisotopic (exact) mass is 486 g/mol. The molecule has 37 heavy (non-hydrogen) atoms. The van der Waals surface area contributed by atoms with Gasteiger partial charge in [0.2, 0.25) is 5.91 Å². The average Bonchev–Trinajstić information content (AvgIpc) is 3.52. The summed E-state index contributed by atoms with van der Waals surface area (Å²) in [6, 6.07) is 17.5. The number of benzene rings is 1. The van der Waals surface area contributed by atoms with Crippen LogP contribution in [0.4, 0.5) is 5.82 Å². The first-order valence-electron chi connectivity index (χ1n) is 12.2. The van der Waals surface area contributed by atoms with E-state index >= 15 is 0 Å². The smallest absolute Gasteiger partial charge is 0.228 e. The first-order chi connectivity index (χ1) is 18.2. The molecule has 1 aromatic carbocycles. The number of aromatic nitrogens is 7. The van der Waals surface area contributed by atoms with Crippen molar-refractivity contribution in [1.29, 1.82) is 0 Å². The van der Waals surface area contributed by atoms with Crippen LogP contribution in [0.2, 0.25) is 0 Å². The Morgan fingerprint density at radius 2 is 1.86 bits per heavy atom. The molecule has 1 amide bonds. The summed E-state index contributed by atoms with van der Waals surface area (Å²) >= 11 is 0. The predicted molar refractivity (Wildman–Crippen MR) is 141 cm³/mol. The molecule has 9 nitrogen and oxygen atoms in total. The van der Waals surface area contributed by atoms with E-state index in [1.54, 1.807) is 18.6 Å². The Morgan fingerprint density at radius 1 is 0.919 bits per heavy atom. The number of amides is 1. The van der Waals surface area contributed by atoms with Crippen molar-refractivity contribution >= 4 is 33.7 Å². The molecule has 1 saturated carbocycles. The molecule has 6 aromatic rings. The third-order valence-electron chi connectivity index (χ3n) is 6.91. The second-order valence-electron chi connectivity index (χ2n) is 9.24. The third-order valence-corrected chi connectivity index (χ3v) is 6.91. The number of nitrogens with zero attached hydrogens (tertiary/aromatic N) is 5. The molecule has 1 aliphatic carbocycles. The Hall–Kier alpha value is -4.92. The molecular formula is C28H22N8O. The van der Waals surface area contributed by atoms with Crippen molar-refractivity contribution in [3.05, 3.63) is 73.2 Å². The normalized spacial score (nSPS) is 13.6. The summed E-state index contributed by atoms with van der Waals surface area (Å²) in [6.07, 6.45) is 8.29. The molecule has 0 atom stereocenters. The molecule has 3 N–H and O–H groups in total. The molecule has 5 aromatic heterocycles. The zero-order valence-electron chi connectivity index (χ0n) is 19.8. The van der Waals surface area contributed by atoms with Gasteiger partial charge in [0, 0.05) is 34.8 Å². The van der Waals surface area contributed by atoms with E-state index in [1.807, 2.05) is 54.6 Å². The van der Waals surface area contributed by atoms with Crippen LogP contribution in [0.15, 0.2) is 73.2 Å². The molecule has 0 saturated heterocycles. The lowest BCUT2D eigenvalue weighted by atomic mass is 9.85. The van der Waals surface area contributed by atoms with E-state index in [-0.39, 0.29) is 11.8 Å². The van der Waals surface area contributed by atoms with Crippen molar-refractivity contribution in [2.75, 3.05) is 5.32 Å². The van der Waals surface area contributed by atoms with Crippen LogP contribution < -0.4 is 5.32 Å². The highest BCUT2D eigenvalue weighted by Gasteiger charge is 2.25. The number of pyridine rings is 3. The van der Waals surface area contributed by atoms with Gasteiger partial charge in [0.1, 0.15) is 11.5 Å². The van der Waals surface area contributed by atoms with E-state index < -0.39 is 0 Å². The van der Waals surface area contributed by atoms with E-state index in [9.17, 15) is 4.79 Å². The summed E-state index contributed by atoms with van der Waals surface area (Å²) in [5, 5.41) is 11.4. The van der Waals surface area contributed by atoms with Crippen molar-refractivity contribution in [3.8, 4) is 34.0 Å². The standard InChI is InChI=1S/C28H22N8O/c37-28(16-5-3-6-16)33-24-11-10-17(14-31-24)22-13-19-23(15-30-22)35-36-26(19)27-32-21-9-4-7-18(25(21)34-27)20-8-1-2-12-29-20/h1-2,4,7-16H,3,5-6H2,(H,32,34)(H,35,36)(H,31,33,37). The quantitative estimate of drug-likeness (QED) is 0.301. The number of carbonyl (C=O) groups is 1. The molecule has 0 radical (unpaired) electrons. The fourth-order valence-corrected chi connectivity index (χ4v) is 4.65. The van der Waals surface area contributed by atoms with Crippen LogP contribution in [0, 0.1) is 5.92 Å². The van der Waals surface area contributed by atoms with Crippen LogP contribution in [-0.2, 0) is 4.79 Å². The molecule has 0 aliphatic heterocycles. The lowest BCUT2D eigenvalue weighted by Crippen LogP contribution is -2.28. The predicted octanol–water partition coefficient (Wildman–Crippen LogP) is 5.36. The Balaban J connectivity index is 1.23. The van der Waals surface area contributed by atoms with E-state index in [1.165, 1.54) is 0 Å². The van der Waals surface area contributed by atoms with Gasteiger partial charge in [0.05, 0.1) is 34.1 Å². The second-order valence-corrected chi connectivity index (χ2v) is 9.24. The summed E-state index contributed by atoms with van der Waals surface area (Å²) in [5.74, 6) is 1.38. The van der Waals surface area contributed by atoms with Gasteiger partial charge >= 0.3 is 0 Å². The van der Waals surface area contributed by atoms with E-state index in [2.05, 4.69) is 35.5 Å². The molecule has 180 valence electrons. The van der Waals surface area contributed by atoms with Gasteiger partial charge in [0.25, 0.3) is 0 Å². The molecule has 1 aliphatic rings. The summed E-state index contributed by atoms with van der Waals surface area (Å²) < 4.78 is 0. The molecular weight excluding hydrogens is 464 g/mol. The molecule has 5 heterocycles. The number of imidazole rings is 1. The summed E-state index contributed by atoms with van der Waals surface area (Å²) in [6.45, 7) is 0. The zero-order chi connectivity index (χ0) is 24.8. The van der Waals surface area contributed by atoms with Crippen LogP contribution in [0.5, 0.6) is 0 Å². The highest BCUT2D eigenvalue weighted by Crippen LogP contribution is 2.32. The lowest BCUT2D eigenvalue weighted by Gasteiger charge is -2.23. The van der Waals surface area contributed by atoms with Gasteiger partial charge in [0.15, 0.2) is 5.82 Å². The maximum Gasteiger partial charge on any atom is 0.228 e. The largest absolute Gasteiger partial charge is 0.337 e. The van der Waals surface area contributed by atoms with Crippen LogP contribution in [0.3, 0.4) is 0 Å². The minimum absolute atomic E-state index is 0.0473. The van der Waals surface area contributed by atoms with E-state index in [0.29, 0.717) is 17.3 Å². The number of anilines is 1. The summed E-state index contributed by atoms with van der Waals surface area (Å²) in [4.78, 5) is 34.0. The number of para-hydroxylation sites is 1. The van der Waals surface area contributed by atoms with Crippen molar-refractivity contribution < 1.29 is 4.79 Å². The maximum atomic E-state index is 12.2. The molecule has 0 spiro atoms. The maximum absolute atomic E-state index is 12.2. The Labute approximate surface area is 211 Å². The fourth-order valence-electron chi connectivity index (χ4n) is 4.65. The number of nitrogens with one attached hydrogen (secondary N) is 3.